The normalized spacial score (nSPS) is 10.5. The average Bonchev–Trinajstić information content (AvgIpc) is 2.28. The minimum Gasteiger partial charge on any atom is -0.330 e. The zero-order valence-electron chi connectivity index (χ0n) is 6.55. The van der Waals surface area contributed by atoms with Crippen molar-refractivity contribution in [2.24, 2.45) is 5.73 Å². The molecular weight excluding hydrogens is 162 g/mol. The van der Waals surface area contributed by atoms with E-state index in [0.717, 1.165) is 23.7 Å². The first-order valence-electron chi connectivity index (χ1n) is 3.63. The van der Waals surface area contributed by atoms with E-state index in [1.165, 1.54) is 0 Å². The minimum atomic E-state index is 0.691. The van der Waals surface area contributed by atoms with E-state index in [1.54, 1.807) is 0 Å². The van der Waals surface area contributed by atoms with Crippen LogP contribution in [-0.4, -0.2) is 16.3 Å². The van der Waals surface area contributed by atoms with Gasteiger partial charge in [-0.2, -0.15) is 5.10 Å². The van der Waals surface area contributed by atoms with Gasteiger partial charge in [-0.15, -0.1) is 0 Å². The molecule has 0 amide bonds. The van der Waals surface area contributed by atoms with Crippen molar-refractivity contribution in [3.05, 3.63) is 16.9 Å². The van der Waals surface area contributed by atoms with Crippen LogP contribution < -0.4 is 5.73 Å². The van der Waals surface area contributed by atoms with Crippen LogP contribution in [0.4, 0.5) is 0 Å². The molecule has 0 saturated carbocycles. The summed E-state index contributed by atoms with van der Waals surface area (Å²) in [6.45, 7) is 3.43. The van der Waals surface area contributed by atoms with Gasteiger partial charge in [0.25, 0.3) is 0 Å². The molecule has 1 aromatic heterocycles. The van der Waals surface area contributed by atoms with Crippen molar-refractivity contribution in [2.75, 3.05) is 6.54 Å². The molecule has 0 aromatic carbocycles. The summed E-state index contributed by atoms with van der Waals surface area (Å²) in [5, 5.41) is 4.90. The predicted octanol–water partition coefficient (Wildman–Crippen LogP) is 1.19. The smallest absolute Gasteiger partial charge is 0.0814 e. The third kappa shape index (κ3) is 2.20. The van der Waals surface area contributed by atoms with Crippen LogP contribution in [0.25, 0.3) is 0 Å². The summed E-state index contributed by atoms with van der Waals surface area (Å²) in [5.41, 5.74) is 6.23. The molecule has 0 spiro atoms. The maximum absolute atomic E-state index is 5.79. The second kappa shape index (κ2) is 3.74. The summed E-state index contributed by atoms with van der Waals surface area (Å²) in [6.07, 6.45) is 2.77. The van der Waals surface area contributed by atoms with Crippen LogP contribution in [0.3, 0.4) is 0 Å². The number of halogens is 1. The summed E-state index contributed by atoms with van der Waals surface area (Å²) < 4.78 is 1.82. The number of nitrogens with zero attached hydrogens (tertiary/aromatic N) is 2. The van der Waals surface area contributed by atoms with Gasteiger partial charge in [0.05, 0.1) is 10.7 Å². The van der Waals surface area contributed by atoms with Crippen LogP contribution in [0.2, 0.25) is 5.02 Å². The average molecular weight is 174 g/mol. The molecule has 4 heteroatoms. The Kier molecular flexibility index (Phi) is 2.91. The fourth-order valence-electron chi connectivity index (χ4n) is 0.861. The maximum atomic E-state index is 5.79. The highest BCUT2D eigenvalue weighted by molar-refractivity contribution is 6.31. The summed E-state index contributed by atoms with van der Waals surface area (Å²) in [4.78, 5) is 0. The van der Waals surface area contributed by atoms with E-state index in [0.29, 0.717) is 6.54 Å². The first-order chi connectivity index (χ1) is 5.24. The Balaban J connectivity index is 2.58. The molecule has 0 unspecified atom stereocenters. The second-order valence-corrected chi connectivity index (χ2v) is 2.87. The topological polar surface area (TPSA) is 43.8 Å². The maximum Gasteiger partial charge on any atom is 0.0814 e. The molecule has 1 rings (SSSR count). The van der Waals surface area contributed by atoms with Crippen LogP contribution in [0.1, 0.15) is 12.1 Å². The van der Waals surface area contributed by atoms with E-state index in [-0.39, 0.29) is 0 Å². The molecule has 0 bridgehead atoms. The highest BCUT2D eigenvalue weighted by Gasteiger charge is 1.99. The SMILES string of the molecule is Cc1nn(CCCN)cc1Cl. The number of aromatic nitrogens is 2. The van der Waals surface area contributed by atoms with Crippen molar-refractivity contribution in [3.8, 4) is 0 Å². The Bertz CT molecular complexity index is 212. The monoisotopic (exact) mass is 173 g/mol. The molecule has 1 heterocycles. The zero-order chi connectivity index (χ0) is 8.27. The lowest BCUT2D eigenvalue weighted by molar-refractivity contribution is 0.581. The van der Waals surface area contributed by atoms with Crippen molar-refractivity contribution in [1.29, 1.82) is 0 Å². The molecule has 0 saturated heterocycles. The van der Waals surface area contributed by atoms with Crippen molar-refractivity contribution >= 4 is 11.6 Å². The Hall–Kier alpha value is -0.540. The van der Waals surface area contributed by atoms with Crippen molar-refractivity contribution in [1.82, 2.24) is 9.78 Å². The van der Waals surface area contributed by atoms with Gasteiger partial charge in [0.1, 0.15) is 0 Å². The number of hydrogen-bond acceptors (Lipinski definition) is 2. The Morgan fingerprint density at radius 2 is 2.45 bits per heavy atom. The number of nitrogens with two attached hydrogens (primary N) is 1. The molecule has 0 fully saturated rings. The van der Waals surface area contributed by atoms with Gasteiger partial charge in [0.2, 0.25) is 0 Å². The van der Waals surface area contributed by atoms with Crippen LogP contribution in [0, 0.1) is 6.92 Å². The molecular formula is C7H12ClN3. The molecule has 62 valence electrons. The molecule has 11 heavy (non-hydrogen) atoms. The number of aryl methyl sites for hydroxylation is 2. The lowest BCUT2D eigenvalue weighted by Crippen LogP contribution is -2.06. The molecule has 0 aliphatic heterocycles. The Morgan fingerprint density at radius 1 is 1.73 bits per heavy atom. The standard InChI is InChI=1S/C7H12ClN3/c1-6-7(8)5-11(10-6)4-2-3-9/h5H,2-4,9H2,1H3. The van der Waals surface area contributed by atoms with Gasteiger partial charge in [-0.25, -0.2) is 0 Å². The third-order valence-corrected chi connectivity index (χ3v) is 1.85. The van der Waals surface area contributed by atoms with Gasteiger partial charge in [-0.05, 0) is 19.9 Å². The summed E-state index contributed by atoms with van der Waals surface area (Å²) in [7, 11) is 0. The molecule has 0 aliphatic carbocycles. The van der Waals surface area contributed by atoms with E-state index in [9.17, 15) is 0 Å². The highest BCUT2D eigenvalue weighted by Crippen LogP contribution is 2.11. The molecule has 0 radical (unpaired) electrons. The van der Waals surface area contributed by atoms with E-state index in [1.807, 2.05) is 17.8 Å². The van der Waals surface area contributed by atoms with E-state index in [2.05, 4.69) is 5.10 Å². The summed E-state index contributed by atoms with van der Waals surface area (Å²) in [6, 6.07) is 0. The molecule has 3 nitrogen and oxygen atoms in total. The van der Waals surface area contributed by atoms with Crippen molar-refractivity contribution < 1.29 is 0 Å². The van der Waals surface area contributed by atoms with E-state index >= 15 is 0 Å². The first-order valence-corrected chi connectivity index (χ1v) is 4.01. The van der Waals surface area contributed by atoms with Crippen LogP contribution in [0.5, 0.6) is 0 Å². The van der Waals surface area contributed by atoms with Gasteiger partial charge >= 0.3 is 0 Å². The molecule has 0 aliphatic rings. The largest absolute Gasteiger partial charge is 0.330 e. The molecule has 2 N–H and O–H groups in total. The van der Waals surface area contributed by atoms with E-state index < -0.39 is 0 Å². The van der Waals surface area contributed by atoms with E-state index in [4.69, 9.17) is 17.3 Å². The fraction of sp³-hybridized carbons (Fsp3) is 0.571. The fourth-order valence-corrected chi connectivity index (χ4v) is 1.01. The lowest BCUT2D eigenvalue weighted by atomic mass is 10.4. The Labute approximate surface area is 71.1 Å². The van der Waals surface area contributed by atoms with Gasteiger partial charge in [-0.1, -0.05) is 11.6 Å². The summed E-state index contributed by atoms with van der Waals surface area (Å²) >= 11 is 5.79. The lowest BCUT2D eigenvalue weighted by Gasteiger charge is -1.96. The first kappa shape index (κ1) is 8.56. The van der Waals surface area contributed by atoms with Gasteiger partial charge in [-0.3, -0.25) is 4.68 Å². The quantitative estimate of drug-likeness (QED) is 0.747. The van der Waals surface area contributed by atoms with Gasteiger partial charge in [0, 0.05) is 12.7 Å². The Morgan fingerprint density at radius 3 is 2.91 bits per heavy atom. The van der Waals surface area contributed by atoms with Crippen LogP contribution in [0.15, 0.2) is 6.20 Å². The van der Waals surface area contributed by atoms with Gasteiger partial charge in [0.15, 0.2) is 0 Å². The zero-order valence-corrected chi connectivity index (χ0v) is 7.30. The van der Waals surface area contributed by atoms with Gasteiger partial charge < -0.3 is 5.73 Å². The molecule has 1 aromatic rings. The van der Waals surface area contributed by atoms with Crippen molar-refractivity contribution in [3.63, 3.8) is 0 Å². The second-order valence-electron chi connectivity index (χ2n) is 2.47. The number of hydrogen-bond donors (Lipinski definition) is 1. The summed E-state index contributed by atoms with van der Waals surface area (Å²) in [5.74, 6) is 0. The van der Waals surface area contributed by atoms with Crippen molar-refractivity contribution in [2.45, 2.75) is 19.9 Å². The van der Waals surface area contributed by atoms with Crippen LogP contribution in [-0.2, 0) is 6.54 Å². The minimum absolute atomic E-state index is 0.691. The van der Waals surface area contributed by atoms with Crippen LogP contribution >= 0.6 is 11.6 Å². The molecule has 0 atom stereocenters. The highest BCUT2D eigenvalue weighted by atomic mass is 35.5. The predicted molar refractivity (Wildman–Crippen MR) is 45.6 cm³/mol. The third-order valence-electron chi connectivity index (χ3n) is 1.48. The number of rotatable bonds is 3.